The van der Waals surface area contributed by atoms with Crippen molar-refractivity contribution in [3.8, 4) is 0 Å². The van der Waals surface area contributed by atoms with Gasteiger partial charge in [-0.25, -0.2) is 9.78 Å². The zero-order valence-electron chi connectivity index (χ0n) is 14.3. The van der Waals surface area contributed by atoms with Crippen LogP contribution >= 0.6 is 0 Å². The van der Waals surface area contributed by atoms with Gasteiger partial charge in [-0.2, -0.15) is 0 Å². The second kappa shape index (κ2) is 3.76. The van der Waals surface area contributed by atoms with Crippen LogP contribution in [0.3, 0.4) is 0 Å². The van der Waals surface area contributed by atoms with Crippen LogP contribution in [-0.2, 0) is 9.78 Å². The van der Waals surface area contributed by atoms with Crippen LogP contribution < -0.4 is 0 Å². The summed E-state index contributed by atoms with van der Waals surface area (Å²) in [6.07, 6.45) is 2.55. The third-order valence-corrected chi connectivity index (χ3v) is 6.49. The lowest BCUT2D eigenvalue weighted by molar-refractivity contribution is -0.576. The van der Waals surface area contributed by atoms with Crippen LogP contribution in [0.5, 0.6) is 0 Å². The molecule has 1 saturated carbocycles. The van der Waals surface area contributed by atoms with Gasteiger partial charge in [0, 0.05) is 5.41 Å². The third kappa shape index (κ3) is 1.56. The number of rotatable bonds is 0. The molecule has 2 heteroatoms. The molecule has 3 atom stereocenters. The molecule has 0 aromatic heterocycles. The van der Waals surface area contributed by atoms with Crippen LogP contribution in [0.4, 0.5) is 0 Å². The molecule has 2 rings (SSSR count). The average Bonchev–Trinajstić information content (AvgIpc) is 2.09. The van der Waals surface area contributed by atoms with Gasteiger partial charge in [-0.05, 0) is 29.1 Å². The van der Waals surface area contributed by atoms with Crippen molar-refractivity contribution in [1.82, 2.24) is 0 Å². The van der Waals surface area contributed by atoms with Crippen molar-refractivity contribution >= 4 is 0 Å². The SMILES string of the molecule is CC(C)(C)C12OOC1CCC(C)(C)C2(C)C(C)(C)C. The number of hydrogen-bond donors (Lipinski definition) is 0. The van der Waals surface area contributed by atoms with Gasteiger partial charge in [0.2, 0.25) is 0 Å². The fraction of sp³-hybridized carbons (Fsp3) is 1.00. The molecule has 0 radical (unpaired) electrons. The maximum Gasteiger partial charge on any atom is 0.144 e. The molecule has 0 amide bonds. The minimum atomic E-state index is -0.194. The van der Waals surface area contributed by atoms with Crippen molar-refractivity contribution in [2.45, 2.75) is 86.9 Å². The summed E-state index contributed by atoms with van der Waals surface area (Å²) >= 11 is 0. The van der Waals surface area contributed by atoms with E-state index in [1.54, 1.807) is 0 Å². The molecule has 0 aromatic rings. The van der Waals surface area contributed by atoms with Gasteiger partial charge in [0.1, 0.15) is 11.7 Å². The highest BCUT2D eigenvalue weighted by Crippen LogP contribution is 2.72. The Bertz CT molecular complexity index is 372. The van der Waals surface area contributed by atoms with Crippen LogP contribution in [0.15, 0.2) is 0 Å². The molecule has 1 saturated heterocycles. The van der Waals surface area contributed by atoms with Gasteiger partial charge < -0.3 is 0 Å². The van der Waals surface area contributed by atoms with E-state index in [-0.39, 0.29) is 33.4 Å². The lowest BCUT2D eigenvalue weighted by atomic mass is 9.38. The molecule has 19 heavy (non-hydrogen) atoms. The summed E-state index contributed by atoms with van der Waals surface area (Å²) < 4.78 is 0. The lowest BCUT2D eigenvalue weighted by Crippen LogP contribution is -2.79. The fourth-order valence-corrected chi connectivity index (χ4v) is 5.04. The van der Waals surface area contributed by atoms with Gasteiger partial charge in [0.15, 0.2) is 0 Å². The predicted octanol–water partition coefficient (Wildman–Crippen LogP) is 4.97. The molecule has 2 aliphatic rings. The zero-order valence-corrected chi connectivity index (χ0v) is 14.3. The highest BCUT2D eigenvalue weighted by Gasteiger charge is 2.76. The van der Waals surface area contributed by atoms with E-state index >= 15 is 0 Å². The summed E-state index contributed by atoms with van der Waals surface area (Å²) in [5.74, 6) is 0. The standard InChI is InChI=1S/C17H32O2/c1-13(2,3)16(9)15(7,8)11-10-12-17(16,19-18-12)14(4,5)6/h12H,10-11H2,1-9H3. The van der Waals surface area contributed by atoms with Crippen molar-refractivity contribution in [3.63, 3.8) is 0 Å². The smallest absolute Gasteiger partial charge is 0.144 e. The first-order valence-electron chi connectivity index (χ1n) is 7.66. The first-order valence-corrected chi connectivity index (χ1v) is 7.66. The molecule has 0 bridgehead atoms. The highest BCUT2D eigenvalue weighted by molar-refractivity contribution is 5.21. The number of fused-ring (bicyclic) bond motifs is 1. The quantitative estimate of drug-likeness (QED) is 0.577. The Labute approximate surface area is 119 Å². The van der Waals surface area contributed by atoms with E-state index in [1.165, 1.54) is 6.42 Å². The van der Waals surface area contributed by atoms with Crippen molar-refractivity contribution in [3.05, 3.63) is 0 Å². The van der Waals surface area contributed by atoms with Crippen molar-refractivity contribution < 1.29 is 9.78 Å². The molecule has 2 nitrogen and oxygen atoms in total. The van der Waals surface area contributed by atoms with E-state index in [0.29, 0.717) is 0 Å². The Morgan fingerprint density at radius 3 is 1.68 bits per heavy atom. The molecular formula is C17H32O2. The van der Waals surface area contributed by atoms with E-state index in [2.05, 4.69) is 62.3 Å². The molecule has 0 N–H and O–H groups in total. The molecule has 1 aliphatic heterocycles. The van der Waals surface area contributed by atoms with Gasteiger partial charge in [0.25, 0.3) is 0 Å². The lowest BCUT2D eigenvalue weighted by Gasteiger charge is -2.73. The summed E-state index contributed by atoms with van der Waals surface area (Å²) in [7, 11) is 0. The summed E-state index contributed by atoms with van der Waals surface area (Å²) in [4.78, 5) is 11.5. The van der Waals surface area contributed by atoms with Gasteiger partial charge in [0.05, 0.1) is 0 Å². The highest BCUT2D eigenvalue weighted by atomic mass is 17.3. The third-order valence-electron chi connectivity index (χ3n) is 6.49. The molecule has 0 spiro atoms. The normalized spacial score (nSPS) is 42.5. The largest absolute Gasteiger partial charge is 0.229 e. The first kappa shape index (κ1) is 15.3. The Morgan fingerprint density at radius 1 is 0.895 bits per heavy atom. The van der Waals surface area contributed by atoms with Crippen LogP contribution in [0, 0.1) is 21.7 Å². The second-order valence-electron chi connectivity index (χ2n) is 9.45. The maximum atomic E-state index is 5.96. The molecule has 1 aliphatic carbocycles. The van der Waals surface area contributed by atoms with Crippen LogP contribution in [0.25, 0.3) is 0 Å². The maximum absolute atomic E-state index is 5.96. The summed E-state index contributed by atoms with van der Waals surface area (Å²) in [6.45, 7) is 21.2. The van der Waals surface area contributed by atoms with E-state index in [4.69, 9.17) is 9.78 Å². The molecule has 1 heterocycles. The van der Waals surface area contributed by atoms with E-state index < -0.39 is 0 Å². The second-order valence-corrected chi connectivity index (χ2v) is 9.45. The van der Waals surface area contributed by atoms with Crippen molar-refractivity contribution in [2.75, 3.05) is 0 Å². The van der Waals surface area contributed by atoms with Crippen molar-refractivity contribution in [1.29, 1.82) is 0 Å². The first-order chi connectivity index (χ1) is 8.31. The van der Waals surface area contributed by atoms with Crippen LogP contribution in [0.2, 0.25) is 0 Å². The number of hydrogen-bond acceptors (Lipinski definition) is 2. The summed E-state index contributed by atoms with van der Waals surface area (Å²) in [5.41, 5.74) is 0.326. The van der Waals surface area contributed by atoms with E-state index in [9.17, 15) is 0 Å². The van der Waals surface area contributed by atoms with Crippen molar-refractivity contribution in [2.24, 2.45) is 21.7 Å². The van der Waals surface area contributed by atoms with Gasteiger partial charge >= 0.3 is 0 Å². The predicted molar refractivity (Wildman–Crippen MR) is 78.7 cm³/mol. The molecular weight excluding hydrogens is 236 g/mol. The minimum absolute atomic E-state index is 0.0619. The van der Waals surface area contributed by atoms with Gasteiger partial charge in [-0.15, -0.1) is 0 Å². The van der Waals surface area contributed by atoms with Gasteiger partial charge in [-0.3, -0.25) is 0 Å². The van der Waals surface area contributed by atoms with E-state index in [1.807, 2.05) is 0 Å². The minimum Gasteiger partial charge on any atom is -0.229 e. The summed E-state index contributed by atoms with van der Waals surface area (Å²) in [6, 6.07) is 0. The topological polar surface area (TPSA) is 18.5 Å². The Balaban J connectivity index is 2.67. The van der Waals surface area contributed by atoms with Crippen LogP contribution in [0.1, 0.15) is 75.2 Å². The Kier molecular flexibility index (Phi) is 3.03. The molecule has 2 fully saturated rings. The van der Waals surface area contributed by atoms with Gasteiger partial charge in [-0.1, -0.05) is 62.3 Å². The monoisotopic (exact) mass is 268 g/mol. The van der Waals surface area contributed by atoms with E-state index in [0.717, 1.165) is 6.42 Å². The fourth-order valence-electron chi connectivity index (χ4n) is 5.04. The van der Waals surface area contributed by atoms with Crippen LogP contribution in [-0.4, -0.2) is 11.7 Å². The average molecular weight is 268 g/mol. The Morgan fingerprint density at radius 2 is 1.42 bits per heavy atom. The molecule has 3 unspecified atom stereocenters. The molecule has 112 valence electrons. The Hall–Kier alpha value is -0.0800. The zero-order chi connectivity index (χ0) is 14.9. The molecule has 0 aromatic carbocycles. The summed E-state index contributed by atoms with van der Waals surface area (Å²) in [5, 5.41) is 0.